The van der Waals surface area contributed by atoms with Crippen LogP contribution in [0.1, 0.15) is 20.3 Å². The minimum absolute atomic E-state index is 0.229. The highest BCUT2D eigenvalue weighted by atomic mass is 32.2. The average molecular weight is 218 g/mol. The number of carbonyl (C=O) groups is 1. The molecule has 0 fully saturated rings. The van der Waals surface area contributed by atoms with E-state index in [9.17, 15) is 4.79 Å². The van der Waals surface area contributed by atoms with Gasteiger partial charge in [0, 0.05) is 31.8 Å². The van der Waals surface area contributed by atoms with Crippen molar-refractivity contribution in [2.45, 2.75) is 26.3 Å². The van der Waals surface area contributed by atoms with Crippen molar-refractivity contribution in [1.29, 1.82) is 0 Å². The third-order valence-electron chi connectivity index (χ3n) is 2.09. The fraction of sp³-hybridized carbons (Fsp3) is 0.900. The fourth-order valence-electron chi connectivity index (χ4n) is 1.19. The number of hydrogen-bond acceptors (Lipinski definition) is 3. The van der Waals surface area contributed by atoms with Gasteiger partial charge in [0.25, 0.3) is 0 Å². The van der Waals surface area contributed by atoms with Crippen LogP contribution >= 0.6 is 11.8 Å². The molecule has 0 spiro atoms. The van der Waals surface area contributed by atoms with Crippen molar-refractivity contribution in [3.63, 3.8) is 0 Å². The van der Waals surface area contributed by atoms with Gasteiger partial charge >= 0.3 is 0 Å². The molecule has 4 heteroatoms. The van der Waals surface area contributed by atoms with Crippen molar-refractivity contribution < 1.29 is 4.79 Å². The molecule has 1 amide bonds. The summed E-state index contributed by atoms with van der Waals surface area (Å²) in [6.45, 7) is 5.87. The smallest absolute Gasteiger partial charge is 0.223 e. The van der Waals surface area contributed by atoms with E-state index in [1.807, 2.05) is 18.9 Å². The summed E-state index contributed by atoms with van der Waals surface area (Å²) in [4.78, 5) is 13.4. The number of amides is 1. The van der Waals surface area contributed by atoms with Crippen LogP contribution in [-0.4, -0.2) is 49.0 Å². The Labute approximate surface area is 91.6 Å². The summed E-state index contributed by atoms with van der Waals surface area (Å²) in [6.07, 6.45) is 2.65. The first-order valence-corrected chi connectivity index (χ1v) is 6.47. The minimum Gasteiger partial charge on any atom is -0.345 e. The second-order valence-corrected chi connectivity index (χ2v) is 4.46. The van der Waals surface area contributed by atoms with Crippen molar-refractivity contribution in [2.24, 2.45) is 0 Å². The van der Waals surface area contributed by atoms with E-state index < -0.39 is 0 Å². The van der Waals surface area contributed by atoms with Crippen molar-refractivity contribution in [1.82, 2.24) is 10.2 Å². The van der Waals surface area contributed by atoms with Crippen LogP contribution in [0.25, 0.3) is 0 Å². The van der Waals surface area contributed by atoms with E-state index in [2.05, 4.69) is 18.5 Å². The zero-order chi connectivity index (χ0) is 11.0. The molecule has 14 heavy (non-hydrogen) atoms. The number of nitrogens with one attached hydrogen (secondary N) is 1. The van der Waals surface area contributed by atoms with Crippen LogP contribution in [0.15, 0.2) is 0 Å². The first-order chi connectivity index (χ1) is 6.61. The SMILES string of the molecule is CCNC(C)CC(=O)N(C)CCSC. The highest BCUT2D eigenvalue weighted by Crippen LogP contribution is 1.99. The Morgan fingerprint density at radius 1 is 1.57 bits per heavy atom. The molecule has 0 aliphatic rings. The van der Waals surface area contributed by atoms with Crippen molar-refractivity contribution in [3.05, 3.63) is 0 Å². The molecule has 1 N–H and O–H groups in total. The van der Waals surface area contributed by atoms with E-state index in [1.54, 1.807) is 11.8 Å². The van der Waals surface area contributed by atoms with Gasteiger partial charge in [-0.25, -0.2) is 0 Å². The molecule has 0 bridgehead atoms. The molecule has 0 aliphatic carbocycles. The van der Waals surface area contributed by atoms with Gasteiger partial charge in [-0.2, -0.15) is 11.8 Å². The molecule has 1 unspecified atom stereocenters. The molecule has 0 saturated heterocycles. The Kier molecular flexibility index (Phi) is 7.99. The van der Waals surface area contributed by atoms with Gasteiger partial charge in [-0.1, -0.05) is 6.92 Å². The number of rotatable bonds is 7. The lowest BCUT2D eigenvalue weighted by atomic mass is 10.2. The highest BCUT2D eigenvalue weighted by Gasteiger charge is 2.11. The molecule has 0 heterocycles. The Morgan fingerprint density at radius 2 is 2.21 bits per heavy atom. The van der Waals surface area contributed by atoms with Crippen molar-refractivity contribution >= 4 is 17.7 Å². The summed E-state index contributed by atoms with van der Waals surface area (Å²) in [5.74, 6) is 1.24. The molecule has 0 radical (unpaired) electrons. The van der Waals surface area contributed by atoms with Crippen LogP contribution in [0.3, 0.4) is 0 Å². The summed E-state index contributed by atoms with van der Waals surface area (Å²) < 4.78 is 0. The lowest BCUT2D eigenvalue weighted by molar-refractivity contribution is -0.130. The van der Waals surface area contributed by atoms with E-state index >= 15 is 0 Å². The molecule has 1 atom stereocenters. The molecule has 84 valence electrons. The normalized spacial score (nSPS) is 12.6. The summed E-state index contributed by atoms with van der Waals surface area (Å²) in [7, 11) is 1.87. The van der Waals surface area contributed by atoms with Gasteiger partial charge in [0.2, 0.25) is 5.91 Å². The van der Waals surface area contributed by atoms with Gasteiger partial charge in [0.1, 0.15) is 0 Å². The first-order valence-electron chi connectivity index (χ1n) is 5.08. The number of carbonyl (C=O) groups excluding carboxylic acids is 1. The van der Waals surface area contributed by atoms with Crippen molar-refractivity contribution in [2.75, 3.05) is 32.1 Å². The van der Waals surface area contributed by atoms with E-state index in [1.165, 1.54) is 0 Å². The number of thioether (sulfide) groups is 1. The van der Waals surface area contributed by atoms with Gasteiger partial charge in [0.15, 0.2) is 0 Å². The minimum atomic E-state index is 0.229. The zero-order valence-corrected chi connectivity index (χ0v) is 10.5. The molecule has 0 aromatic carbocycles. The fourth-order valence-corrected chi connectivity index (χ4v) is 1.65. The Bertz CT molecular complexity index is 164. The lowest BCUT2D eigenvalue weighted by Gasteiger charge is -2.19. The second-order valence-electron chi connectivity index (χ2n) is 3.47. The van der Waals surface area contributed by atoms with Crippen LogP contribution in [0.2, 0.25) is 0 Å². The second kappa shape index (κ2) is 8.12. The van der Waals surface area contributed by atoms with E-state index in [0.29, 0.717) is 6.42 Å². The Balaban J connectivity index is 3.71. The molecule has 0 rings (SSSR count). The quantitative estimate of drug-likeness (QED) is 0.697. The topological polar surface area (TPSA) is 32.3 Å². The highest BCUT2D eigenvalue weighted by molar-refractivity contribution is 7.98. The lowest BCUT2D eigenvalue weighted by Crippen LogP contribution is -2.35. The third-order valence-corrected chi connectivity index (χ3v) is 2.68. The molecule has 0 aromatic rings. The van der Waals surface area contributed by atoms with Gasteiger partial charge in [-0.3, -0.25) is 4.79 Å². The largest absolute Gasteiger partial charge is 0.345 e. The summed E-state index contributed by atoms with van der Waals surface area (Å²) in [5, 5.41) is 3.23. The van der Waals surface area contributed by atoms with Crippen molar-refractivity contribution in [3.8, 4) is 0 Å². The summed E-state index contributed by atoms with van der Waals surface area (Å²) in [5.41, 5.74) is 0. The van der Waals surface area contributed by atoms with Crippen LogP contribution < -0.4 is 5.32 Å². The summed E-state index contributed by atoms with van der Waals surface area (Å²) in [6, 6.07) is 0.282. The molecule has 0 aliphatic heterocycles. The maximum Gasteiger partial charge on any atom is 0.223 e. The zero-order valence-electron chi connectivity index (χ0n) is 9.67. The van der Waals surface area contributed by atoms with E-state index in [-0.39, 0.29) is 11.9 Å². The monoisotopic (exact) mass is 218 g/mol. The Hall–Kier alpha value is -0.220. The van der Waals surface area contributed by atoms with Crippen LogP contribution in [-0.2, 0) is 4.79 Å². The van der Waals surface area contributed by atoms with Gasteiger partial charge in [-0.15, -0.1) is 0 Å². The Morgan fingerprint density at radius 3 is 2.71 bits per heavy atom. The molecule has 0 saturated carbocycles. The van der Waals surface area contributed by atoms with Crippen LogP contribution in [0, 0.1) is 0 Å². The average Bonchev–Trinajstić information content (AvgIpc) is 2.14. The molecular formula is C10H22N2OS. The predicted molar refractivity (Wildman–Crippen MR) is 63.8 cm³/mol. The van der Waals surface area contributed by atoms with Gasteiger partial charge in [0.05, 0.1) is 0 Å². The standard InChI is InChI=1S/C10H22N2OS/c1-5-11-9(2)8-10(13)12(3)6-7-14-4/h9,11H,5-8H2,1-4H3. The van der Waals surface area contributed by atoms with Gasteiger partial charge < -0.3 is 10.2 Å². The maximum atomic E-state index is 11.6. The number of hydrogen-bond donors (Lipinski definition) is 1. The first kappa shape index (κ1) is 13.8. The molecule has 0 aromatic heterocycles. The maximum absolute atomic E-state index is 11.6. The molecular weight excluding hydrogens is 196 g/mol. The van der Waals surface area contributed by atoms with Gasteiger partial charge in [-0.05, 0) is 19.7 Å². The third kappa shape index (κ3) is 6.27. The predicted octanol–water partition coefficient (Wildman–Crippen LogP) is 1.20. The summed E-state index contributed by atoms with van der Waals surface area (Å²) >= 11 is 1.77. The molecule has 3 nitrogen and oxygen atoms in total. The van der Waals surface area contributed by atoms with Crippen LogP contribution in [0.5, 0.6) is 0 Å². The number of nitrogens with zero attached hydrogens (tertiary/aromatic N) is 1. The van der Waals surface area contributed by atoms with Crippen LogP contribution in [0.4, 0.5) is 0 Å². The van der Waals surface area contributed by atoms with E-state index in [0.717, 1.165) is 18.8 Å². The van der Waals surface area contributed by atoms with E-state index in [4.69, 9.17) is 0 Å².